The average molecular weight is 646 g/mol. The first kappa shape index (κ1) is 32.4. The highest BCUT2D eigenvalue weighted by atomic mass is 16.7. The van der Waals surface area contributed by atoms with Gasteiger partial charge in [-0.15, -0.1) is 5.06 Å². The number of benzene rings is 2. The van der Waals surface area contributed by atoms with Crippen molar-refractivity contribution in [2.75, 3.05) is 6.54 Å². The second-order valence-electron chi connectivity index (χ2n) is 11.9. The molecule has 4 aliphatic heterocycles. The van der Waals surface area contributed by atoms with E-state index in [1.165, 1.54) is 23.1 Å². The van der Waals surface area contributed by atoms with Gasteiger partial charge in [-0.2, -0.15) is 0 Å². The van der Waals surface area contributed by atoms with E-state index in [0.29, 0.717) is 28.8 Å². The number of nitrogens with one attached hydrogen (secondary N) is 2. The number of carbonyl (C=O) groups excluding carboxylic acids is 6. The van der Waals surface area contributed by atoms with Gasteiger partial charge in [0.25, 0.3) is 23.6 Å². The molecular formula is C30H32B2N4O11. The molecule has 2 aromatic rings. The van der Waals surface area contributed by atoms with Crippen LogP contribution in [0.5, 0.6) is 0 Å². The van der Waals surface area contributed by atoms with Crippen LogP contribution in [-0.4, -0.2) is 94.4 Å². The van der Waals surface area contributed by atoms with E-state index in [2.05, 4.69) is 10.6 Å². The lowest BCUT2D eigenvalue weighted by Crippen LogP contribution is -2.59. The summed E-state index contributed by atoms with van der Waals surface area (Å²) in [4.78, 5) is 83.9. The van der Waals surface area contributed by atoms with Gasteiger partial charge >= 0.3 is 20.2 Å². The molecule has 0 bridgehead atoms. The monoisotopic (exact) mass is 646 g/mol. The van der Waals surface area contributed by atoms with Crippen molar-refractivity contribution < 1.29 is 53.0 Å². The van der Waals surface area contributed by atoms with Gasteiger partial charge in [-0.05, 0) is 66.1 Å². The number of imide groups is 1. The minimum Gasteiger partial charge on any atom is -0.423 e. The lowest BCUT2D eigenvalue weighted by Gasteiger charge is -2.32. The van der Waals surface area contributed by atoms with Crippen molar-refractivity contribution in [2.45, 2.75) is 70.4 Å². The largest absolute Gasteiger partial charge is 0.491 e. The maximum Gasteiger partial charge on any atom is 0.491 e. The van der Waals surface area contributed by atoms with E-state index < -0.39 is 67.9 Å². The van der Waals surface area contributed by atoms with Gasteiger partial charge in [0.1, 0.15) is 6.04 Å². The van der Waals surface area contributed by atoms with Crippen molar-refractivity contribution in [1.82, 2.24) is 20.6 Å². The highest BCUT2D eigenvalue weighted by Gasteiger charge is 2.40. The molecule has 5 amide bonds. The molecule has 0 radical (unpaired) electrons. The van der Waals surface area contributed by atoms with Gasteiger partial charge in [0, 0.05) is 36.6 Å². The summed E-state index contributed by atoms with van der Waals surface area (Å²) in [6.07, 6.45) is 0.552. The third kappa shape index (κ3) is 6.65. The number of fused-ring (bicyclic) bond motifs is 2. The van der Waals surface area contributed by atoms with Crippen LogP contribution in [0.3, 0.4) is 0 Å². The first-order chi connectivity index (χ1) is 22.5. The summed E-state index contributed by atoms with van der Waals surface area (Å²) in [5.41, 5.74) is 2.70. The SMILES string of the molecule is C[C@H](NC(=O)c1ccc2c(c1)B(O)OC2)[C@H](NC(=O)c1ccc2c(c1)B(O)OC2)C(=O)N1CCC[C@H]1CC(=O)ON1C(=O)CCC1=O. The standard InChI is InChI=1S/C30H32B2N4O11/c1-16(33-28(40)17-4-6-19-14-45-31(43)22(19)11-17)27(34-29(41)18-5-7-20-15-46-32(44)23(20)12-18)30(42)35-10-2-3-21(35)13-26(39)47-36-24(37)8-9-25(36)38/h4-7,11-12,16,21,27,43-44H,2-3,8-10,13-15H2,1H3,(H,33,40)(H,34,41)/t16-,21-,27-/m0/s1. The van der Waals surface area contributed by atoms with Crippen LogP contribution in [0.15, 0.2) is 36.4 Å². The summed E-state index contributed by atoms with van der Waals surface area (Å²) in [7, 11) is -2.36. The van der Waals surface area contributed by atoms with Crippen LogP contribution < -0.4 is 21.6 Å². The van der Waals surface area contributed by atoms with E-state index in [4.69, 9.17) is 14.1 Å². The fourth-order valence-corrected chi connectivity index (χ4v) is 6.22. The maximum atomic E-state index is 14.1. The van der Waals surface area contributed by atoms with E-state index in [1.807, 2.05) is 0 Å². The summed E-state index contributed by atoms with van der Waals surface area (Å²) in [5, 5.41) is 26.2. The Hall–Kier alpha value is -4.57. The summed E-state index contributed by atoms with van der Waals surface area (Å²) in [6, 6.07) is 6.45. The van der Waals surface area contributed by atoms with E-state index in [-0.39, 0.29) is 50.1 Å². The van der Waals surface area contributed by atoms with Crippen molar-refractivity contribution in [3.63, 3.8) is 0 Å². The zero-order valence-electron chi connectivity index (χ0n) is 25.5. The summed E-state index contributed by atoms with van der Waals surface area (Å²) >= 11 is 0. The maximum absolute atomic E-state index is 14.1. The lowest BCUT2D eigenvalue weighted by molar-refractivity contribution is -0.198. The molecule has 2 aromatic carbocycles. The van der Waals surface area contributed by atoms with Crippen LogP contribution in [0.4, 0.5) is 0 Å². The van der Waals surface area contributed by atoms with E-state index in [0.717, 1.165) is 11.1 Å². The molecule has 0 saturated carbocycles. The van der Waals surface area contributed by atoms with Gasteiger partial charge < -0.3 is 39.7 Å². The molecule has 17 heteroatoms. The molecular weight excluding hydrogens is 614 g/mol. The number of hydroxylamine groups is 2. The molecule has 47 heavy (non-hydrogen) atoms. The van der Waals surface area contributed by atoms with Gasteiger partial charge in [0.2, 0.25) is 5.91 Å². The number of carbonyl (C=O) groups is 6. The molecule has 244 valence electrons. The Kier molecular flexibility index (Phi) is 9.14. The molecule has 15 nitrogen and oxygen atoms in total. The number of likely N-dealkylation sites (tertiary alicyclic amines) is 1. The van der Waals surface area contributed by atoms with E-state index in [1.54, 1.807) is 25.1 Å². The number of hydrogen-bond acceptors (Lipinski definition) is 11. The van der Waals surface area contributed by atoms with Gasteiger partial charge in [0.05, 0.1) is 25.7 Å². The minimum absolute atomic E-state index is 0.0544. The van der Waals surface area contributed by atoms with Crippen LogP contribution >= 0.6 is 0 Å². The third-order valence-electron chi connectivity index (χ3n) is 8.81. The van der Waals surface area contributed by atoms with Crippen LogP contribution in [-0.2, 0) is 46.5 Å². The first-order valence-electron chi connectivity index (χ1n) is 15.3. The van der Waals surface area contributed by atoms with Crippen molar-refractivity contribution >= 4 is 60.7 Å². The molecule has 0 unspecified atom stereocenters. The Labute approximate surface area is 269 Å². The first-order valence-corrected chi connectivity index (χ1v) is 15.3. The molecule has 4 heterocycles. The van der Waals surface area contributed by atoms with Crippen LogP contribution in [0.25, 0.3) is 0 Å². The van der Waals surface area contributed by atoms with E-state index >= 15 is 0 Å². The highest BCUT2D eigenvalue weighted by molar-refractivity contribution is 6.62. The second kappa shape index (κ2) is 13.3. The molecule has 4 aliphatic rings. The fraction of sp³-hybridized carbons (Fsp3) is 0.400. The molecule has 2 fully saturated rings. The van der Waals surface area contributed by atoms with Crippen LogP contribution in [0.2, 0.25) is 0 Å². The zero-order chi connectivity index (χ0) is 33.4. The highest BCUT2D eigenvalue weighted by Crippen LogP contribution is 2.24. The molecule has 6 rings (SSSR count). The molecule has 0 aromatic heterocycles. The normalized spacial score (nSPS) is 19.9. The number of amides is 5. The van der Waals surface area contributed by atoms with E-state index in [9.17, 15) is 38.8 Å². The number of hydrogen-bond donors (Lipinski definition) is 4. The topological polar surface area (TPSA) is 201 Å². The number of nitrogens with zero attached hydrogens (tertiary/aromatic N) is 2. The molecule has 2 saturated heterocycles. The Morgan fingerprint density at radius 1 is 0.915 bits per heavy atom. The van der Waals surface area contributed by atoms with Crippen LogP contribution in [0, 0.1) is 0 Å². The third-order valence-corrected chi connectivity index (χ3v) is 8.81. The van der Waals surface area contributed by atoms with Gasteiger partial charge in [0.15, 0.2) is 0 Å². The van der Waals surface area contributed by atoms with Gasteiger partial charge in [-0.3, -0.25) is 24.0 Å². The smallest absolute Gasteiger partial charge is 0.423 e. The minimum atomic E-state index is -1.30. The molecule has 0 aliphatic carbocycles. The van der Waals surface area contributed by atoms with Crippen molar-refractivity contribution in [3.05, 3.63) is 58.7 Å². The van der Waals surface area contributed by atoms with Gasteiger partial charge in [-0.1, -0.05) is 12.1 Å². The molecule has 0 spiro atoms. The predicted octanol–water partition coefficient (Wildman–Crippen LogP) is -1.97. The van der Waals surface area contributed by atoms with Crippen molar-refractivity contribution in [2.24, 2.45) is 0 Å². The molecule has 3 atom stereocenters. The second-order valence-corrected chi connectivity index (χ2v) is 11.9. The molecule has 4 N–H and O–H groups in total. The summed E-state index contributed by atoms with van der Waals surface area (Å²) in [6.45, 7) is 2.19. The Morgan fingerprint density at radius 3 is 2.04 bits per heavy atom. The number of rotatable bonds is 9. The average Bonchev–Trinajstić information content (AvgIpc) is 3.84. The fourth-order valence-electron chi connectivity index (χ4n) is 6.22. The zero-order valence-corrected chi connectivity index (χ0v) is 25.5. The Bertz CT molecular complexity index is 1640. The quantitative estimate of drug-likeness (QED) is 0.174. The van der Waals surface area contributed by atoms with Crippen molar-refractivity contribution in [3.8, 4) is 0 Å². The Balaban J connectivity index is 1.20. The lowest BCUT2D eigenvalue weighted by atomic mass is 9.78. The summed E-state index contributed by atoms with van der Waals surface area (Å²) < 4.78 is 10.4. The Morgan fingerprint density at radius 2 is 1.47 bits per heavy atom. The van der Waals surface area contributed by atoms with Crippen molar-refractivity contribution in [1.29, 1.82) is 0 Å². The van der Waals surface area contributed by atoms with Crippen LogP contribution in [0.1, 0.15) is 70.9 Å². The summed E-state index contributed by atoms with van der Waals surface area (Å²) in [5.74, 6) is -3.88. The predicted molar refractivity (Wildman–Crippen MR) is 162 cm³/mol. The van der Waals surface area contributed by atoms with Gasteiger partial charge in [-0.25, -0.2) is 4.79 Å².